The third kappa shape index (κ3) is 8.45. The molecule has 0 aliphatic heterocycles. The fourth-order valence-electron chi connectivity index (χ4n) is 2.95. The summed E-state index contributed by atoms with van der Waals surface area (Å²) in [5.74, 6) is 0. The minimum Gasteiger partial charge on any atom is -0.394 e. The number of nitrogens with one attached hydrogen (secondary N) is 2. The summed E-state index contributed by atoms with van der Waals surface area (Å²) in [6.45, 7) is 1.02. The largest absolute Gasteiger partial charge is 0.394 e. The predicted octanol–water partition coefficient (Wildman–Crippen LogP) is 3.24. The molecule has 0 aliphatic rings. The number of anilines is 1. The molecule has 0 aliphatic carbocycles. The number of carbonyl (C=O) groups is 2. The number of aliphatic hydroxyl groups excluding tert-OH is 1. The normalized spacial score (nSPS) is 10.9. The van der Waals surface area contributed by atoms with Crippen LogP contribution in [-0.2, 0) is 6.54 Å². The monoisotopic (exact) mass is 479 g/mol. The molecule has 0 fully saturated rings. The number of hydrogen-bond acceptors (Lipinski definition) is 9. The van der Waals surface area contributed by atoms with E-state index in [0.717, 1.165) is 22.3 Å². The molecule has 4 aromatic rings. The molecule has 2 aromatic heterocycles. The predicted molar refractivity (Wildman–Crippen MR) is 137 cm³/mol. The number of aliphatic hydroxyl groups is 1. The maximum Gasteiger partial charge on any atom is 0.181 e. The van der Waals surface area contributed by atoms with Gasteiger partial charge in [-0.25, -0.2) is 9.97 Å². The summed E-state index contributed by atoms with van der Waals surface area (Å²) in [6, 6.07) is 20.9. The van der Waals surface area contributed by atoms with Crippen molar-refractivity contribution in [3.8, 4) is 0 Å². The van der Waals surface area contributed by atoms with Gasteiger partial charge in [-0.2, -0.15) is 0 Å². The maximum absolute atomic E-state index is 10.1. The second-order valence-electron chi connectivity index (χ2n) is 7.04. The maximum atomic E-state index is 10.1. The van der Waals surface area contributed by atoms with E-state index in [9.17, 15) is 9.59 Å². The van der Waals surface area contributed by atoms with Crippen LogP contribution in [0.15, 0.2) is 66.7 Å². The Bertz CT molecular complexity index is 1140. The number of aromatic nitrogens is 2. The number of benzene rings is 2. The highest BCUT2D eigenvalue weighted by atomic mass is 32.1. The third-order valence-corrected chi connectivity index (χ3v) is 5.46. The lowest BCUT2D eigenvalue weighted by molar-refractivity contribution is 0.111. The Morgan fingerprint density at radius 2 is 1.65 bits per heavy atom. The molecular formula is C25H29N5O3S. The number of likely N-dealkylation sites (N-methyl/N-ethyl adjacent to an activating group) is 1. The van der Waals surface area contributed by atoms with Gasteiger partial charge < -0.3 is 21.5 Å². The highest BCUT2D eigenvalue weighted by Crippen LogP contribution is 2.24. The van der Waals surface area contributed by atoms with Gasteiger partial charge in [0.05, 0.1) is 22.9 Å². The van der Waals surface area contributed by atoms with Crippen LogP contribution in [-0.4, -0.2) is 48.3 Å². The highest BCUT2D eigenvalue weighted by Gasteiger charge is 2.04. The van der Waals surface area contributed by atoms with E-state index in [1.54, 1.807) is 18.2 Å². The molecule has 178 valence electrons. The third-order valence-electron chi connectivity index (χ3n) is 4.62. The van der Waals surface area contributed by atoms with Crippen molar-refractivity contribution < 1.29 is 14.7 Å². The van der Waals surface area contributed by atoms with Crippen LogP contribution in [0.3, 0.4) is 0 Å². The van der Waals surface area contributed by atoms with Gasteiger partial charge in [0.25, 0.3) is 0 Å². The van der Waals surface area contributed by atoms with Crippen molar-refractivity contribution in [1.29, 1.82) is 0 Å². The molecule has 2 aromatic carbocycles. The van der Waals surface area contributed by atoms with Crippen molar-refractivity contribution in [2.24, 2.45) is 0 Å². The zero-order valence-corrected chi connectivity index (χ0v) is 20.0. The number of rotatable bonds is 7. The standard InChI is InChI=1S/C9H11N3S.C9H13NO.C7H5NO2/c1-11-5-6-2-3-7-8(4-6)13-9(10)12-7;1-10-9(7-11)8-5-3-2-4-6-8;9-4-6-2-1-3-7(5-10)8-6/h2-4,11H,5H2,1H3,(H2,10,12);2-6,9-11H,7H2,1H3;1-5H. The second kappa shape index (κ2) is 14.6. The van der Waals surface area contributed by atoms with E-state index in [0.29, 0.717) is 17.7 Å². The summed E-state index contributed by atoms with van der Waals surface area (Å²) < 4.78 is 1.16. The minimum atomic E-state index is 0.0659. The first kappa shape index (κ1) is 26.7. The van der Waals surface area contributed by atoms with Crippen LogP contribution in [0.25, 0.3) is 10.2 Å². The van der Waals surface area contributed by atoms with Gasteiger partial charge >= 0.3 is 0 Å². The van der Waals surface area contributed by atoms with Gasteiger partial charge in [-0.05, 0) is 49.5 Å². The van der Waals surface area contributed by atoms with E-state index >= 15 is 0 Å². The lowest BCUT2D eigenvalue weighted by Gasteiger charge is -2.12. The topological polar surface area (TPSA) is 130 Å². The van der Waals surface area contributed by atoms with Crippen LogP contribution in [0, 0.1) is 0 Å². The van der Waals surface area contributed by atoms with Crippen molar-refractivity contribution in [3.05, 3.63) is 89.2 Å². The quantitative estimate of drug-likeness (QED) is 0.297. The number of pyridine rings is 1. The first-order chi connectivity index (χ1) is 16.5. The summed E-state index contributed by atoms with van der Waals surface area (Å²) >= 11 is 1.53. The van der Waals surface area contributed by atoms with Crippen LogP contribution >= 0.6 is 11.3 Å². The number of nitrogen functional groups attached to an aromatic ring is 1. The molecule has 0 amide bonds. The molecule has 34 heavy (non-hydrogen) atoms. The molecule has 1 atom stereocenters. The van der Waals surface area contributed by atoms with Crippen LogP contribution in [0.5, 0.6) is 0 Å². The summed E-state index contributed by atoms with van der Waals surface area (Å²) in [5.41, 5.74) is 9.54. The molecule has 0 bridgehead atoms. The molecule has 1 unspecified atom stereocenters. The van der Waals surface area contributed by atoms with E-state index in [2.05, 4.69) is 32.7 Å². The number of carbonyl (C=O) groups excluding carboxylic acids is 2. The molecule has 8 nitrogen and oxygen atoms in total. The van der Waals surface area contributed by atoms with Gasteiger partial charge in [-0.15, -0.1) is 0 Å². The Hall–Kier alpha value is -3.50. The van der Waals surface area contributed by atoms with E-state index < -0.39 is 0 Å². The van der Waals surface area contributed by atoms with E-state index in [1.165, 1.54) is 16.9 Å². The summed E-state index contributed by atoms with van der Waals surface area (Å²) in [4.78, 5) is 28.1. The minimum absolute atomic E-state index is 0.0659. The first-order valence-corrected chi connectivity index (χ1v) is 11.4. The average molecular weight is 480 g/mol. The number of fused-ring (bicyclic) bond motifs is 1. The Labute approximate surface area is 202 Å². The smallest absolute Gasteiger partial charge is 0.181 e. The molecule has 4 rings (SSSR count). The van der Waals surface area contributed by atoms with Crippen molar-refractivity contribution in [2.75, 3.05) is 26.4 Å². The zero-order chi connectivity index (χ0) is 24.8. The van der Waals surface area contributed by atoms with E-state index in [-0.39, 0.29) is 24.0 Å². The lowest BCUT2D eigenvalue weighted by Crippen LogP contribution is -2.19. The second-order valence-corrected chi connectivity index (χ2v) is 8.10. The molecule has 0 spiro atoms. The van der Waals surface area contributed by atoms with Crippen LogP contribution in [0.1, 0.15) is 38.1 Å². The van der Waals surface area contributed by atoms with Crippen LogP contribution < -0.4 is 16.4 Å². The van der Waals surface area contributed by atoms with E-state index in [1.807, 2.05) is 50.5 Å². The molecule has 9 heteroatoms. The van der Waals surface area contributed by atoms with Crippen molar-refractivity contribution in [1.82, 2.24) is 20.6 Å². The fraction of sp³-hybridized carbons (Fsp3) is 0.200. The molecule has 0 saturated heterocycles. The van der Waals surface area contributed by atoms with Crippen molar-refractivity contribution in [3.63, 3.8) is 0 Å². The van der Waals surface area contributed by atoms with Crippen molar-refractivity contribution in [2.45, 2.75) is 12.6 Å². The van der Waals surface area contributed by atoms with Gasteiger partial charge in [0.1, 0.15) is 11.4 Å². The Kier molecular flexibility index (Phi) is 11.5. The van der Waals surface area contributed by atoms with Gasteiger partial charge in [0.2, 0.25) is 0 Å². The van der Waals surface area contributed by atoms with Crippen molar-refractivity contribution >= 4 is 39.3 Å². The first-order valence-electron chi connectivity index (χ1n) is 10.5. The lowest BCUT2D eigenvalue weighted by atomic mass is 10.1. The number of aldehydes is 2. The number of thiazole rings is 1. The number of nitrogens with zero attached hydrogens (tertiary/aromatic N) is 2. The summed E-state index contributed by atoms with van der Waals surface area (Å²) in [6.07, 6.45) is 1.21. The average Bonchev–Trinajstić information content (AvgIpc) is 3.26. The highest BCUT2D eigenvalue weighted by molar-refractivity contribution is 7.22. The van der Waals surface area contributed by atoms with Gasteiger partial charge in [-0.3, -0.25) is 9.59 Å². The fourth-order valence-corrected chi connectivity index (χ4v) is 3.75. The van der Waals surface area contributed by atoms with Gasteiger partial charge in [0, 0.05) is 6.54 Å². The summed E-state index contributed by atoms with van der Waals surface area (Å²) in [7, 11) is 3.78. The molecule has 2 heterocycles. The van der Waals surface area contributed by atoms with Gasteiger partial charge in [0.15, 0.2) is 17.7 Å². The number of nitrogens with two attached hydrogens (primary N) is 1. The Morgan fingerprint density at radius 1 is 0.971 bits per heavy atom. The molecule has 5 N–H and O–H groups in total. The number of hydrogen-bond donors (Lipinski definition) is 4. The van der Waals surface area contributed by atoms with Gasteiger partial charge in [-0.1, -0.05) is 53.8 Å². The molecule has 0 saturated carbocycles. The van der Waals surface area contributed by atoms with Crippen LogP contribution in [0.2, 0.25) is 0 Å². The molecular weight excluding hydrogens is 450 g/mol. The SMILES string of the molecule is CNC(CO)c1ccccc1.CNCc1ccc2nc(N)sc2c1.O=Cc1cccc(C=O)n1. The Morgan fingerprint density at radius 3 is 2.21 bits per heavy atom. The molecule has 0 radical (unpaired) electrons. The summed E-state index contributed by atoms with van der Waals surface area (Å²) in [5, 5.41) is 15.7. The van der Waals surface area contributed by atoms with E-state index in [4.69, 9.17) is 10.8 Å². The zero-order valence-electron chi connectivity index (χ0n) is 19.1. The van der Waals surface area contributed by atoms with Crippen LogP contribution in [0.4, 0.5) is 5.13 Å². The Balaban J connectivity index is 0.000000182.